The minimum absolute atomic E-state index is 0.485. The van der Waals surface area contributed by atoms with Crippen molar-refractivity contribution in [2.45, 2.75) is 67.2 Å². The highest BCUT2D eigenvalue weighted by molar-refractivity contribution is 7.16. The zero-order chi connectivity index (χ0) is 12.1. The van der Waals surface area contributed by atoms with Crippen molar-refractivity contribution >= 4 is 9.24 Å². The fourth-order valence-electron chi connectivity index (χ4n) is 2.65. The fourth-order valence-corrected chi connectivity index (χ4v) is 2.89. The van der Waals surface area contributed by atoms with Gasteiger partial charge < -0.3 is 0 Å². The summed E-state index contributed by atoms with van der Waals surface area (Å²) in [6, 6.07) is 0. The van der Waals surface area contributed by atoms with Gasteiger partial charge in [0.05, 0.1) is 0 Å². The van der Waals surface area contributed by atoms with E-state index in [9.17, 15) is 0 Å². The molecule has 92 valence electrons. The van der Waals surface area contributed by atoms with Crippen LogP contribution in [0.4, 0.5) is 0 Å². The van der Waals surface area contributed by atoms with Crippen LogP contribution in [-0.4, -0.2) is 6.16 Å². The van der Waals surface area contributed by atoms with Crippen LogP contribution in [0.3, 0.4) is 0 Å². The summed E-state index contributed by atoms with van der Waals surface area (Å²) in [6.07, 6.45) is 6.55. The van der Waals surface area contributed by atoms with Gasteiger partial charge in [0, 0.05) is 0 Å². The number of hydrogen-bond donors (Lipinski definition) is 0. The summed E-state index contributed by atoms with van der Waals surface area (Å²) in [6.45, 7) is 14.4. The lowest BCUT2D eigenvalue weighted by atomic mass is 9.61. The molecular formula is C14H31P. The van der Waals surface area contributed by atoms with E-state index in [1.807, 2.05) is 0 Å². The Morgan fingerprint density at radius 3 is 1.60 bits per heavy atom. The van der Waals surface area contributed by atoms with Gasteiger partial charge in [-0.25, -0.2) is 0 Å². The Morgan fingerprint density at radius 2 is 1.33 bits per heavy atom. The summed E-state index contributed by atoms with van der Waals surface area (Å²) in [7, 11) is 2.86. The van der Waals surface area contributed by atoms with Crippen molar-refractivity contribution in [1.82, 2.24) is 0 Å². The lowest BCUT2D eigenvalue weighted by molar-refractivity contribution is 0.0566. The third kappa shape index (κ3) is 4.43. The molecule has 0 amide bonds. The maximum atomic E-state index is 2.86. The molecule has 0 aliphatic rings. The highest BCUT2D eigenvalue weighted by atomic mass is 31.0. The Balaban J connectivity index is 4.72. The maximum Gasteiger partial charge on any atom is -0.0311 e. The monoisotopic (exact) mass is 230 g/mol. The van der Waals surface area contributed by atoms with Gasteiger partial charge >= 0.3 is 0 Å². The zero-order valence-corrected chi connectivity index (χ0v) is 12.8. The first-order valence-electron chi connectivity index (χ1n) is 6.52. The minimum Gasteiger partial charge on any atom is -0.138 e. The largest absolute Gasteiger partial charge is 0.138 e. The lowest BCUT2D eigenvalue weighted by Crippen LogP contribution is -2.35. The standard InChI is InChI=1S/C14H31P/c1-7-13(3,4)12(10-9-11-15)14(5,6)8-2/h12H,7-11,15H2,1-6H3. The highest BCUT2D eigenvalue weighted by Crippen LogP contribution is 2.46. The molecule has 0 spiro atoms. The van der Waals surface area contributed by atoms with E-state index in [0.29, 0.717) is 10.8 Å². The van der Waals surface area contributed by atoms with Gasteiger partial charge in [-0.3, -0.25) is 0 Å². The molecule has 0 heterocycles. The van der Waals surface area contributed by atoms with Crippen molar-refractivity contribution in [3.8, 4) is 0 Å². The van der Waals surface area contributed by atoms with E-state index >= 15 is 0 Å². The first kappa shape index (κ1) is 15.4. The average Bonchev–Trinajstić information content (AvgIpc) is 2.18. The van der Waals surface area contributed by atoms with E-state index in [2.05, 4.69) is 50.8 Å². The van der Waals surface area contributed by atoms with Crippen LogP contribution in [0.5, 0.6) is 0 Å². The smallest absolute Gasteiger partial charge is 0.0311 e. The van der Waals surface area contributed by atoms with Crippen molar-refractivity contribution in [1.29, 1.82) is 0 Å². The average molecular weight is 230 g/mol. The van der Waals surface area contributed by atoms with Crippen molar-refractivity contribution in [2.75, 3.05) is 6.16 Å². The van der Waals surface area contributed by atoms with Gasteiger partial charge in [0.1, 0.15) is 0 Å². The first-order valence-corrected chi connectivity index (χ1v) is 7.33. The molecule has 0 bridgehead atoms. The summed E-state index contributed by atoms with van der Waals surface area (Å²) in [5, 5.41) is 0. The van der Waals surface area contributed by atoms with Crippen LogP contribution in [0.15, 0.2) is 0 Å². The van der Waals surface area contributed by atoms with Gasteiger partial charge in [-0.15, -0.1) is 9.24 Å². The summed E-state index contributed by atoms with van der Waals surface area (Å²) in [5.74, 6) is 0.848. The maximum absolute atomic E-state index is 2.86. The van der Waals surface area contributed by atoms with Crippen molar-refractivity contribution < 1.29 is 0 Å². The van der Waals surface area contributed by atoms with E-state index in [1.165, 1.54) is 31.8 Å². The molecule has 0 aliphatic carbocycles. The molecule has 1 heteroatoms. The van der Waals surface area contributed by atoms with Crippen LogP contribution in [0.25, 0.3) is 0 Å². The Morgan fingerprint density at radius 1 is 0.933 bits per heavy atom. The van der Waals surface area contributed by atoms with Crippen LogP contribution in [0.1, 0.15) is 67.2 Å². The van der Waals surface area contributed by atoms with Gasteiger partial charge in [0.2, 0.25) is 0 Å². The van der Waals surface area contributed by atoms with Gasteiger partial charge in [-0.2, -0.15) is 0 Å². The molecule has 0 aliphatic heterocycles. The van der Waals surface area contributed by atoms with Gasteiger partial charge in [-0.1, -0.05) is 54.4 Å². The Hall–Kier alpha value is 0.430. The summed E-state index contributed by atoms with van der Waals surface area (Å²) >= 11 is 0. The summed E-state index contributed by atoms with van der Waals surface area (Å²) in [5.41, 5.74) is 0.971. The van der Waals surface area contributed by atoms with E-state index < -0.39 is 0 Å². The lowest BCUT2D eigenvalue weighted by Gasteiger charge is -2.44. The predicted molar refractivity (Wildman–Crippen MR) is 75.4 cm³/mol. The molecule has 0 aromatic carbocycles. The molecule has 0 N–H and O–H groups in total. The molecule has 0 saturated carbocycles. The molecule has 0 nitrogen and oxygen atoms in total. The van der Waals surface area contributed by atoms with Gasteiger partial charge in [0.15, 0.2) is 0 Å². The van der Waals surface area contributed by atoms with Crippen molar-refractivity contribution in [3.05, 3.63) is 0 Å². The number of rotatable bonds is 7. The number of hydrogen-bond acceptors (Lipinski definition) is 0. The fraction of sp³-hybridized carbons (Fsp3) is 1.00. The van der Waals surface area contributed by atoms with Crippen LogP contribution in [0, 0.1) is 16.7 Å². The SMILES string of the molecule is CCC(C)(C)C(CCCP)C(C)(C)CC. The topological polar surface area (TPSA) is 0 Å². The summed E-state index contributed by atoms with van der Waals surface area (Å²) in [4.78, 5) is 0. The molecule has 0 radical (unpaired) electrons. The second kappa shape index (κ2) is 6.24. The molecule has 1 atom stereocenters. The van der Waals surface area contributed by atoms with Gasteiger partial charge in [-0.05, 0) is 35.8 Å². The third-order valence-electron chi connectivity index (χ3n) is 4.41. The Bertz CT molecular complexity index is 154. The van der Waals surface area contributed by atoms with Crippen molar-refractivity contribution in [2.24, 2.45) is 16.7 Å². The van der Waals surface area contributed by atoms with E-state index in [1.54, 1.807) is 0 Å². The Kier molecular flexibility index (Phi) is 6.41. The third-order valence-corrected chi connectivity index (χ3v) is 4.81. The molecule has 1 unspecified atom stereocenters. The van der Waals surface area contributed by atoms with Crippen LogP contribution in [0.2, 0.25) is 0 Å². The first-order chi connectivity index (χ1) is 6.81. The predicted octanol–water partition coefficient (Wildman–Crippen LogP) is 5.13. The molecule has 0 aromatic heterocycles. The molecule has 0 saturated heterocycles. The van der Waals surface area contributed by atoms with Crippen LogP contribution < -0.4 is 0 Å². The normalized spacial score (nSPS) is 13.6. The molecule has 0 aromatic rings. The van der Waals surface area contributed by atoms with Gasteiger partial charge in [0.25, 0.3) is 0 Å². The molecule has 0 fully saturated rings. The summed E-state index contributed by atoms with van der Waals surface area (Å²) < 4.78 is 0. The molecular weight excluding hydrogens is 199 g/mol. The van der Waals surface area contributed by atoms with E-state index in [4.69, 9.17) is 0 Å². The van der Waals surface area contributed by atoms with Crippen LogP contribution >= 0.6 is 9.24 Å². The highest BCUT2D eigenvalue weighted by Gasteiger charge is 2.37. The molecule has 15 heavy (non-hydrogen) atoms. The van der Waals surface area contributed by atoms with E-state index in [0.717, 1.165) is 5.92 Å². The quantitative estimate of drug-likeness (QED) is 0.532. The van der Waals surface area contributed by atoms with Crippen LogP contribution in [-0.2, 0) is 0 Å². The van der Waals surface area contributed by atoms with Crippen molar-refractivity contribution in [3.63, 3.8) is 0 Å². The minimum atomic E-state index is 0.485. The molecule has 0 rings (SSSR count). The van der Waals surface area contributed by atoms with E-state index in [-0.39, 0.29) is 0 Å². The second-order valence-corrected chi connectivity index (χ2v) is 6.75. The Labute approximate surface area is 99.8 Å². The second-order valence-electron chi connectivity index (χ2n) is 6.17. The zero-order valence-electron chi connectivity index (χ0n) is 11.7.